The Morgan fingerprint density at radius 3 is 2.86 bits per heavy atom. The molecule has 0 bridgehead atoms. The average molecular weight is 292 g/mol. The van der Waals surface area contributed by atoms with Crippen molar-refractivity contribution in [3.05, 3.63) is 46.5 Å². The minimum atomic E-state index is -0.828. The fourth-order valence-electron chi connectivity index (χ4n) is 1.54. The van der Waals surface area contributed by atoms with Crippen molar-refractivity contribution in [2.45, 2.75) is 13.3 Å². The maximum absolute atomic E-state index is 13.7. The molecule has 0 saturated heterocycles. The van der Waals surface area contributed by atoms with Crippen LogP contribution in [0.2, 0.25) is 0 Å². The molecule has 110 valence electrons. The van der Waals surface area contributed by atoms with Gasteiger partial charge in [0.2, 0.25) is 5.88 Å². The van der Waals surface area contributed by atoms with Gasteiger partial charge < -0.3 is 10.1 Å². The van der Waals surface area contributed by atoms with E-state index in [1.807, 2.05) is 6.92 Å². The first-order valence-corrected chi connectivity index (χ1v) is 6.28. The molecule has 0 aliphatic heterocycles. The maximum Gasteiger partial charge on any atom is 0.272 e. The minimum absolute atomic E-state index is 0.138. The van der Waals surface area contributed by atoms with Crippen LogP contribution in [0.5, 0.6) is 11.6 Å². The van der Waals surface area contributed by atoms with E-state index in [9.17, 15) is 14.5 Å². The summed E-state index contributed by atoms with van der Waals surface area (Å²) in [7, 11) is 0. The molecule has 0 saturated carbocycles. The molecule has 2 aromatic rings. The number of nitrogens with zero attached hydrogens (tertiary/aromatic N) is 3. The molecule has 1 aromatic heterocycles. The summed E-state index contributed by atoms with van der Waals surface area (Å²) in [5.41, 5.74) is -0.340. The van der Waals surface area contributed by atoms with Crippen LogP contribution in [0.1, 0.15) is 13.3 Å². The standard InChI is InChI=1S/C13H13FN4O3/c1-2-5-15-12-7-13(17-8-16-12)21-11-4-3-9(18(19)20)6-10(11)14/h3-4,6-8H,2,5H2,1H3,(H,15,16,17). The molecule has 0 unspecified atom stereocenters. The lowest BCUT2D eigenvalue weighted by Gasteiger charge is -2.07. The first kappa shape index (κ1) is 14.6. The smallest absolute Gasteiger partial charge is 0.272 e. The van der Waals surface area contributed by atoms with Crippen molar-refractivity contribution in [2.75, 3.05) is 11.9 Å². The lowest BCUT2D eigenvalue weighted by molar-refractivity contribution is -0.385. The Hall–Kier alpha value is -2.77. The van der Waals surface area contributed by atoms with Crippen LogP contribution >= 0.6 is 0 Å². The van der Waals surface area contributed by atoms with Gasteiger partial charge in [-0.05, 0) is 12.5 Å². The van der Waals surface area contributed by atoms with Gasteiger partial charge >= 0.3 is 0 Å². The third-order valence-corrected chi connectivity index (χ3v) is 2.54. The summed E-state index contributed by atoms with van der Waals surface area (Å²) >= 11 is 0. The van der Waals surface area contributed by atoms with Crippen LogP contribution in [0.3, 0.4) is 0 Å². The van der Waals surface area contributed by atoms with E-state index in [2.05, 4.69) is 15.3 Å². The number of rotatable bonds is 6. The molecule has 21 heavy (non-hydrogen) atoms. The highest BCUT2D eigenvalue weighted by Crippen LogP contribution is 2.26. The summed E-state index contributed by atoms with van der Waals surface area (Å²) in [5, 5.41) is 13.6. The number of hydrogen-bond acceptors (Lipinski definition) is 6. The molecule has 8 heteroatoms. The molecule has 0 spiro atoms. The van der Waals surface area contributed by atoms with Gasteiger partial charge in [0.05, 0.1) is 11.0 Å². The number of non-ortho nitro benzene ring substituents is 1. The van der Waals surface area contributed by atoms with E-state index in [0.717, 1.165) is 25.1 Å². The molecule has 1 N–H and O–H groups in total. The second kappa shape index (κ2) is 6.60. The van der Waals surface area contributed by atoms with Crippen LogP contribution in [0.25, 0.3) is 0 Å². The van der Waals surface area contributed by atoms with Crippen LogP contribution in [-0.2, 0) is 0 Å². The summed E-state index contributed by atoms with van der Waals surface area (Å²) in [4.78, 5) is 17.7. The van der Waals surface area contributed by atoms with Crippen LogP contribution < -0.4 is 10.1 Å². The molecule has 2 rings (SSSR count). The quantitative estimate of drug-likeness (QED) is 0.649. The van der Waals surface area contributed by atoms with Crippen molar-refractivity contribution in [2.24, 2.45) is 0 Å². The van der Waals surface area contributed by atoms with Crippen LogP contribution in [0.15, 0.2) is 30.6 Å². The third-order valence-electron chi connectivity index (χ3n) is 2.54. The first-order chi connectivity index (χ1) is 10.1. The second-order valence-electron chi connectivity index (χ2n) is 4.14. The highest BCUT2D eigenvalue weighted by molar-refractivity contribution is 5.41. The summed E-state index contributed by atoms with van der Waals surface area (Å²) in [6.07, 6.45) is 2.22. The van der Waals surface area contributed by atoms with Gasteiger partial charge in [-0.3, -0.25) is 10.1 Å². The molecule has 1 heterocycles. The van der Waals surface area contributed by atoms with Crippen LogP contribution in [0.4, 0.5) is 15.9 Å². The molecular formula is C13H13FN4O3. The van der Waals surface area contributed by atoms with Crippen molar-refractivity contribution in [3.8, 4) is 11.6 Å². The molecular weight excluding hydrogens is 279 g/mol. The molecule has 1 aromatic carbocycles. The van der Waals surface area contributed by atoms with Gasteiger partial charge in [0, 0.05) is 18.7 Å². The number of nitrogens with one attached hydrogen (secondary N) is 1. The van der Waals surface area contributed by atoms with E-state index in [1.165, 1.54) is 18.5 Å². The van der Waals surface area contributed by atoms with Crippen molar-refractivity contribution >= 4 is 11.5 Å². The number of nitro groups is 1. The minimum Gasteiger partial charge on any atom is -0.436 e. The van der Waals surface area contributed by atoms with Crippen LogP contribution in [-0.4, -0.2) is 21.4 Å². The lowest BCUT2D eigenvalue weighted by atomic mass is 10.3. The molecule has 0 atom stereocenters. The number of nitro benzene ring substituents is 1. The Bertz CT molecular complexity index is 651. The number of hydrogen-bond donors (Lipinski definition) is 1. The summed E-state index contributed by atoms with van der Waals surface area (Å²) in [6, 6.07) is 4.67. The van der Waals surface area contributed by atoms with E-state index in [4.69, 9.17) is 4.74 Å². The number of ether oxygens (including phenoxy) is 1. The molecule has 0 aliphatic rings. The zero-order valence-corrected chi connectivity index (χ0v) is 11.2. The zero-order chi connectivity index (χ0) is 15.2. The van der Waals surface area contributed by atoms with Gasteiger partial charge in [-0.2, -0.15) is 0 Å². The topological polar surface area (TPSA) is 90.2 Å². The van der Waals surface area contributed by atoms with Gasteiger partial charge in [-0.15, -0.1) is 0 Å². The Labute approximate surface area is 120 Å². The number of anilines is 1. The molecule has 0 radical (unpaired) electrons. The van der Waals surface area contributed by atoms with Crippen LogP contribution in [0, 0.1) is 15.9 Å². The Morgan fingerprint density at radius 1 is 1.38 bits per heavy atom. The number of halogens is 1. The van der Waals surface area contributed by atoms with Gasteiger partial charge in [0.15, 0.2) is 11.6 Å². The zero-order valence-electron chi connectivity index (χ0n) is 11.2. The monoisotopic (exact) mass is 292 g/mol. The van der Waals surface area contributed by atoms with E-state index >= 15 is 0 Å². The van der Waals surface area contributed by atoms with E-state index < -0.39 is 10.7 Å². The first-order valence-electron chi connectivity index (χ1n) is 6.28. The predicted octanol–water partition coefficient (Wildman–Crippen LogP) is 3.14. The number of aromatic nitrogens is 2. The Balaban J connectivity index is 2.16. The normalized spacial score (nSPS) is 10.2. The summed E-state index contributed by atoms with van der Waals surface area (Å²) in [5.74, 6) is -0.257. The molecule has 0 fully saturated rings. The van der Waals surface area contributed by atoms with Gasteiger partial charge in [0.25, 0.3) is 5.69 Å². The highest BCUT2D eigenvalue weighted by Gasteiger charge is 2.13. The average Bonchev–Trinajstić information content (AvgIpc) is 2.47. The second-order valence-corrected chi connectivity index (χ2v) is 4.14. The van der Waals surface area contributed by atoms with Crippen molar-refractivity contribution in [1.29, 1.82) is 0 Å². The lowest BCUT2D eigenvalue weighted by Crippen LogP contribution is -2.02. The van der Waals surface area contributed by atoms with E-state index in [1.54, 1.807) is 0 Å². The summed E-state index contributed by atoms with van der Waals surface area (Å²) in [6.45, 7) is 2.75. The third kappa shape index (κ3) is 3.85. The molecule has 0 aliphatic carbocycles. The van der Waals surface area contributed by atoms with Crippen molar-refractivity contribution < 1.29 is 14.1 Å². The SMILES string of the molecule is CCCNc1cc(Oc2ccc([N+](=O)[O-])cc2F)ncn1. The van der Waals surface area contributed by atoms with Gasteiger partial charge in [-0.1, -0.05) is 6.92 Å². The van der Waals surface area contributed by atoms with E-state index in [-0.39, 0.29) is 17.3 Å². The maximum atomic E-state index is 13.7. The summed E-state index contributed by atoms with van der Waals surface area (Å²) < 4.78 is 19.0. The Kier molecular flexibility index (Phi) is 4.60. The predicted molar refractivity (Wildman–Crippen MR) is 73.9 cm³/mol. The van der Waals surface area contributed by atoms with Crippen molar-refractivity contribution in [3.63, 3.8) is 0 Å². The van der Waals surface area contributed by atoms with Gasteiger partial charge in [-0.25, -0.2) is 14.4 Å². The van der Waals surface area contributed by atoms with Crippen molar-refractivity contribution in [1.82, 2.24) is 9.97 Å². The molecule has 7 nitrogen and oxygen atoms in total. The number of benzene rings is 1. The fourth-order valence-corrected chi connectivity index (χ4v) is 1.54. The largest absolute Gasteiger partial charge is 0.436 e. The fraction of sp³-hybridized carbons (Fsp3) is 0.231. The molecule has 0 amide bonds. The van der Waals surface area contributed by atoms with Gasteiger partial charge in [0.1, 0.15) is 12.1 Å². The highest BCUT2D eigenvalue weighted by atomic mass is 19.1. The Morgan fingerprint density at radius 2 is 2.19 bits per heavy atom. The van der Waals surface area contributed by atoms with E-state index in [0.29, 0.717) is 5.82 Å².